The minimum atomic E-state index is -0.190. The zero-order valence-electron chi connectivity index (χ0n) is 14.7. The van der Waals surface area contributed by atoms with Crippen LogP contribution in [0.5, 0.6) is 0 Å². The fraction of sp³-hybridized carbons (Fsp3) is 0.389. The molecule has 1 aromatic carbocycles. The number of hydrogen-bond acceptors (Lipinski definition) is 4. The van der Waals surface area contributed by atoms with Crippen molar-refractivity contribution in [3.63, 3.8) is 0 Å². The predicted octanol–water partition coefficient (Wildman–Crippen LogP) is 4.35. The summed E-state index contributed by atoms with van der Waals surface area (Å²) in [6.45, 7) is 9.91. The molecular weight excluding hydrogens is 322 g/mol. The standard InChI is InChI=1S/C18H23N3O2S/c1-6-15(22)20-12-8-7-11(2)13(9-12)21-16(23)14-10-19-17(24-14)18(3,4)5/h7-10H,6H2,1-5H3,(H,20,22)(H,21,23). The number of benzene rings is 1. The third-order valence-electron chi connectivity index (χ3n) is 3.46. The Morgan fingerprint density at radius 3 is 2.50 bits per heavy atom. The Balaban J connectivity index is 2.18. The fourth-order valence-electron chi connectivity index (χ4n) is 1.99. The molecule has 2 aromatic rings. The number of nitrogens with one attached hydrogen (secondary N) is 2. The van der Waals surface area contributed by atoms with E-state index in [4.69, 9.17) is 0 Å². The van der Waals surface area contributed by atoms with E-state index in [1.54, 1.807) is 19.2 Å². The first-order valence-corrected chi connectivity index (χ1v) is 8.70. The lowest BCUT2D eigenvalue weighted by molar-refractivity contribution is -0.115. The minimum absolute atomic E-state index is 0.0617. The number of anilines is 2. The molecule has 5 nitrogen and oxygen atoms in total. The van der Waals surface area contributed by atoms with E-state index in [0.29, 0.717) is 22.7 Å². The second-order valence-electron chi connectivity index (χ2n) is 6.67. The number of amides is 2. The highest BCUT2D eigenvalue weighted by atomic mass is 32.1. The van der Waals surface area contributed by atoms with Gasteiger partial charge >= 0.3 is 0 Å². The van der Waals surface area contributed by atoms with Crippen LogP contribution in [0, 0.1) is 6.92 Å². The van der Waals surface area contributed by atoms with Gasteiger partial charge in [-0.05, 0) is 24.6 Å². The van der Waals surface area contributed by atoms with Gasteiger partial charge in [0.2, 0.25) is 5.91 Å². The van der Waals surface area contributed by atoms with Gasteiger partial charge in [0.05, 0.1) is 11.2 Å². The summed E-state index contributed by atoms with van der Waals surface area (Å²) >= 11 is 1.40. The molecule has 0 aliphatic rings. The predicted molar refractivity (Wildman–Crippen MR) is 98.9 cm³/mol. The SMILES string of the molecule is CCC(=O)Nc1ccc(C)c(NC(=O)c2cnc(C(C)(C)C)s2)c1. The number of carbonyl (C=O) groups excluding carboxylic acids is 2. The fourth-order valence-corrected chi connectivity index (χ4v) is 2.86. The van der Waals surface area contributed by atoms with Crippen molar-refractivity contribution in [2.75, 3.05) is 10.6 Å². The first-order valence-electron chi connectivity index (χ1n) is 7.89. The highest BCUT2D eigenvalue weighted by Crippen LogP contribution is 2.28. The number of nitrogens with zero attached hydrogens (tertiary/aromatic N) is 1. The van der Waals surface area contributed by atoms with Crippen LogP contribution in [-0.2, 0) is 10.2 Å². The van der Waals surface area contributed by atoms with Crippen molar-refractivity contribution in [1.29, 1.82) is 0 Å². The van der Waals surface area contributed by atoms with E-state index in [2.05, 4.69) is 36.4 Å². The van der Waals surface area contributed by atoms with Gasteiger partial charge in [0.25, 0.3) is 5.91 Å². The van der Waals surface area contributed by atoms with Crippen molar-refractivity contribution in [3.8, 4) is 0 Å². The van der Waals surface area contributed by atoms with Crippen molar-refractivity contribution < 1.29 is 9.59 Å². The highest BCUT2D eigenvalue weighted by molar-refractivity contribution is 7.13. The number of aryl methyl sites for hydroxylation is 1. The van der Waals surface area contributed by atoms with E-state index < -0.39 is 0 Å². The second-order valence-corrected chi connectivity index (χ2v) is 7.70. The molecule has 0 fully saturated rings. The minimum Gasteiger partial charge on any atom is -0.326 e. The third-order valence-corrected chi connectivity index (χ3v) is 4.88. The molecule has 0 bridgehead atoms. The van der Waals surface area contributed by atoms with E-state index in [-0.39, 0.29) is 17.2 Å². The van der Waals surface area contributed by atoms with Crippen molar-refractivity contribution in [2.24, 2.45) is 0 Å². The number of hydrogen-bond donors (Lipinski definition) is 2. The first-order chi connectivity index (χ1) is 11.2. The summed E-state index contributed by atoms with van der Waals surface area (Å²) in [5.41, 5.74) is 2.20. The van der Waals surface area contributed by atoms with Crippen LogP contribution >= 0.6 is 11.3 Å². The molecule has 2 amide bonds. The maximum absolute atomic E-state index is 12.5. The van der Waals surface area contributed by atoms with E-state index in [1.807, 2.05) is 19.1 Å². The Hall–Kier alpha value is -2.21. The molecule has 0 spiro atoms. The van der Waals surface area contributed by atoms with Crippen LogP contribution in [0.2, 0.25) is 0 Å². The Morgan fingerprint density at radius 2 is 1.92 bits per heavy atom. The van der Waals surface area contributed by atoms with Crippen LogP contribution in [0.15, 0.2) is 24.4 Å². The van der Waals surface area contributed by atoms with Crippen molar-refractivity contribution in [1.82, 2.24) is 4.98 Å². The highest BCUT2D eigenvalue weighted by Gasteiger charge is 2.20. The molecule has 0 aliphatic heterocycles. The molecular formula is C18H23N3O2S. The van der Waals surface area contributed by atoms with Crippen LogP contribution in [0.25, 0.3) is 0 Å². The van der Waals surface area contributed by atoms with Crippen LogP contribution in [-0.4, -0.2) is 16.8 Å². The lowest BCUT2D eigenvalue weighted by Gasteiger charge is -2.13. The van der Waals surface area contributed by atoms with Gasteiger partial charge < -0.3 is 10.6 Å². The molecule has 1 heterocycles. The van der Waals surface area contributed by atoms with Gasteiger partial charge in [-0.15, -0.1) is 11.3 Å². The summed E-state index contributed by atoms with van der Waals surface area (Å²) in [5, 5.41) is 6.62. The molecule has 2 N–H and O–H groups in total. The molecule has 0 saturated heterocycles. The van der Waals surface area contributed by atoms with Gasteiger partial charge in [0.15, 0.2) is 0 Å². The number of aromatic nitrogens is 1. The molecule has 0 unspecified atom stereocenters. The average molecular weight is 345 g/mol. The normalized spacial score (nSPS) is 11.2. The Bertz CT molecular complexity index is 760. The Morgan fingerprint density at radius 1 is 1.21 bits per heavy atom. The third kappa shape index (κ3) is 4.41. The van der Waals surface area contributed by atoms with Gasteiger partial charge in [-0.3, -0.25) is 9.59 Å². The summed E-state index contributed by atoms with van der Waals surface area (Å²) in [6, 6.07) is 5.46. The molecule has 24 heavy (non-hydrogen) atoms. The van der Waals surface area contributed by atoms with Gasteiger partial charge in [-0.25, -0.2) is 4.98 Å². The summed E-state index contributed by atoms with van der Waals surface area (Å²) < 4.78 is 0. The average Bonchev–Trinajstić information content (AvgIpc) is 3.00. The van der Waals surface area contributed by atoms with Gasteiger partial charge in [-0.1, -0.05) is 33.8 Å². The van der Waals surface area contributed by atoms with Crippen LogP contribution in [0.3, 0.4) is 0 Å². The lowest BCUT2D eigenvalue weighted by Crippen LogP contribution is -2.13. The maximum Gasteiger partial charge on any atom is 0.267 e. The van der Waals surface area contributed by atoms with Crippen LogP contribution in [0.4, 0.5) is 11.4 Å². The van der Waals surface area contributed by atoms with E-state index in [1.165, 1.54) is 11.3 Å². The van der Waals surface area contributed by atoms with E-state index in [0.717, 1.165) is 10.6 Å². The van der Waals surface area contributed by atoms with Crippen molar-refractivity contribution in [2.45, 2.75) is 46.5 Å². The van der Waals surface area contributed by atoms with Gasteiger partial charge in [0, 0.05) is 23.2 Å². The summed E-state index contributed by atoms with van der Waals surface area (Å²) in [4.78, 5) is 28.9. The Kier molecular flexibility index (Phi) is 5.39. The quantitative estimate of drug-likeness (QED) is 0.865. The van der Waals surface area contributed by atoms with Crippen molar-refractivity contribution in [3.05, 3.63) is 39.8 Å². The topological polar surface area (TPSA) is 71.1 Å². The summed E-state index contributed by atoms with van der Waals surface area (Å²) in [6.07, 6.45) is 2.02. The van der Waals surface area contributed by atoms with Crippen molar-refractivity contribution >= 4 is 34.5 Å². The van der Waals surface area contributed by atoms with Crippen LogP contribution in [0.1, 0.15) is 54.4 Å². The molecule has 1 aromatic heterocycles. The van der Waals surface area contributed by atoms with E-state index >= 15 is 0 Å². The maximum atomic E-state index is 12.5. The monoisotopic (exact) mass is 345 g/mol. The number of thiazole rings is 1. The van der Waals surface area contributed by atoms with Gasteiger partial charge in [0.1, 0.15) is 4.88 Å². The molecule has 0 saturated carbocycles. The zero-order chi connectivity index (χ0) is 17.9. The second kappa shape index (κ2) is 7.13. The zero-order valence-corrected chi connectivity index (χ0v) is 15.5. The molecule has 128 valence electrons. The molecule has 0 aliphatic carbocycles. The largest absolute Gasteiger partial charge is 0.326 e. The number of rotatable bonds is 4. The van der Waals surface area contributed by atoms with Crippen LogP contribution < -0.4 is 10.6 Å². The number of carbonyl (C=O) groups is 2. The van der Waals surface area contributed by atoms with Gasteiger partial charge in [-0.2, -0.15) is 0 Å². The molecule has 0 atom stereocenters. The Labute approximate surface area is 146 Å². The summed E-state index contributed by atoms with van der Waals surface area (Å²) in [5.74, 6) is -0.251. The first kappa shape index (κ1) is 18.1. The molecule has 2 rings (SSSR count). The lowest BCUT2D eigenvalue weighted by atomic mass is 9.98. The molecule has 0 radical (unpaired) electrons. The molecule has 6 heteroatoms. The van der Waals surface area contributed by atoms with E-state index in [9.17, 15) is 9.59 Å². The smallest absolute Gasteiger partial charge is 0.267 e. The summed E-state index contributed by atoms with van der Waals surface area (Å²) in [7, 11) is 0.